The molecule has 2 atom stereocenters. The second-order valence-corrected chi connectivity index (χ2v) is 2.41. The van der Waals surface area contributed by atoms with Crippen LogP contribution < -0.4 is 5.73 Å². The van der Waals surface area contributed by atoms with E-state index in [1.54, 1.807) is 0 Å². The van der Waals surface area contributed by atoms with E-state index in [4.69, 9.17) is 5.73 Å². The van der Waals surface area contributed by atoms with Gasteiger partial charge in [0.1, 0.15) is 6.61 Å². The smallest absolute Gasteiger partial charge is 1.00 e. The van der Waals surface area contributed by atoms with Crippen molar-refractivity contribution in [3.05, 3.63) is 0 Å². The van der Waals surface area contributed by atoms with Gasteiger partial charge in [0.2, 0.25) is 0 Å². The van der Waals surface area contributed by atoms with Crippen molar-refractivity contribution in [1.82, 2.24) is 0 Å². The maximum absolute atomic E-state index is 10.3. The summed E-state index contributed by atoms with van der Waals surface area (Å²) in [5.41, 5.74) is 5.24. The summed E-state index contributed by atoms with van der Waals surface area (Å²) in [5, 5.41) is 0. The van der Waals surface area contributed by atoms with Gasteiger partial charge in [-0.2, -0.15) is 0 Å². The largest absolute Gasteiger partial charge is 2.00 e. The summed E-state index contributed by atoms with van der Waals surface area (Å²) in [6, 6.07) is 0. The van der Waals surface area contributed by atoms with Crippen molar-refractivity contribution in [2.75, 3.05) is 6.61 Å². The molecule has 9 heavy (non-hydrogen) atoms. The molecule has 0 aromatic rings. The summed E-state index contributed by atoms with van der Waals surface area (Å²) in [5.74, 6) is 0. The van der Waals surface area contributed by atoms with Gasteiger partial charge in [0.05, 0.1) is 0 Å². The van der Waals surface area contributed by atoms with E-state index in [-0.39, 0.29) is 25.9 Å². The van der Waals surface area contributed by atoms with Crippen LogP contribution in [0.25, 0.3) is 0 Å². The Labute approximate surface area is 73.1 Å². The average molecular weight is 162 g/mol. The Morgan fingerprint density at radius 3 is 2.78 bits per heavy atom. The standard InChI is InChI=1S/C3H7NO3P.Mg.2H/c4-3-1-2-6-8(5)7-3;;;/h3H,1-2,4H2;;;/q+1;+2;2*-1. The monoisotopic (exact) mass is 162 g/mol. The van der Waals surface area contributed by atoms with E-state index in [9.17, 15) is 4.57 Å². The van der Waals surface area contributed by atoms with E-state index in [1.165, 1.54) is 0 Å². The van der Waals surface area contributed by atoms with Gasteiger partial charge in [-0.25, -0.2) is 0 Å². The minimum Gasteiger partial charge on any atom is -1.00 e. The van der Waals surface area contributed by atoms with Gasteiger partial charge in [-0.3, -0.25) is 0 Å². The fourth-order valence-corrected chi connectivity index (χ4v) is 1.08. The predicted molar refractivity (Wildman–Crippen MR) is 35.2 cm³/mol. The summed E-state index contributed by atoms with van der Waals surface area (Å²) in [7, 11) is -1.91. The molecule has 2 N–H and O–H groups in total. The zero-order valence-corrected chi connectivity index (χ0v) is 7.26. The van der Waals surface area contributed by atoms with Crippen molar-refractivity contribution >= 4 is 31.3 Å². The van der Waals surface area contributed by atoms with Gasteiger partial charge in [0.15, 0.2) is 6.23 Å². The van der Waals surface area contributed by atoms with Crippen LogP contribution in [0.1, 0.15) is 9.27 Å². The fourth-order valence-electron chi connectivity index (χ4n) is 0.437. The maximum Gasteiger partial charge on any atom is 2.00 e. The Kier molecular flexibility index (Phi) is 4.92. The van der Waals surface area contributed by atoms with Crippen LogP contribution in [0.4, 0.5) is 0 Å². The van der Waals surface area contributed by atoms with Crippen LogP contribution >= 0.6 is 8.25 Å². The Morgan fingerprint density at radius 2 is 2.44 bits per heavy atom. The zero-order valence-electron chi connectivity index (χ0n) is 6.95. The van der Waals surface area contributed by atoms with Crippen LogP contribution in [0.15, 0.2) is 0 Å². The second-order valence-electron chi connectivity index (χ2n) is 1.49. The van der Waals surface area contributed by atoms with Crippen LogP contribution in [0.2, 0.25) is 0 Å². The Hall–Kier alpha value is 0.746. The Bertz CT molecular complexity index is 119. The number of nitrogens with two attached hydrogens (primary N) is 1. The van der Waals surface area contributed by atoms with Gasteiger partial charge in [-0.1, -0.05) is 0 Å². The summed E-state index contributed by atoms with van der Waals surface area (Å²) < 4.78 is 19.4. The molecule has 1 rings (SSSR count). The van der Waals surface area contributed by atoms with E-state index in [0.717, 1.165) is 0 Å². The van der Waals surface area contributed by atoms with Crippen molar-refractivity contribution in [3.8, 4) is 0 Å². The van der Waals surface area contributed by atoms with Crippen molar-refractivity contribution in [3.63, 3.8) is 0 Å². The molecule has 0 radical (unpaired) electrons. The molecule has 0 aromatic carbocycles. The average Bonchev–Trinajstić information content (AvgIpc) is 1.64. The van der Waals surface area contributed by atoms with E-state index < -0.39 is 14.5 Å². The van der Waals surface area contributed by atoms with E-state index in [0.29, 0.717) is 13.0 Å². The van der Waals surface area contributed by atoms with E-state index >= 15 is 0 Å². The third kappa shape index (κ3) is 3.45. The minimum atomic E-state index is -1.91. The molecule has 0 bridgehead atoms. The van der Waals surface area contributed by atoms with Crippen LogP contribution in [0, 0.1) is 0 Å². The van der Waals surface area contributed by atoms with E-state index in [1.807, 2.05) is 0 Å². The molecule has 1 aliphatic rings. The molecular formula is C3H9MgNO3P+. The molecule has 2 unspecified atom stereocenters. The first-order valence-electron chi connectivity index (χ1n) is 2.31. The molecule has 1 aliphatic heterocycles. The number of hydrogen-bond acceptors (Lipinski definition) is 4. The second kappa shape index (κ2) is 4.54. The van der Waals surface area contributed by atoms with Gasteiger partial charge in [-0.05, 0) is 0 Å². The molecule has 0 amide bonds. The normalized spacial score (nSPS) is 31.2. The molecule has 4 nitrogen and oxygen atoms in total. The van der Waals surface area contributed by atoms with Crippen LogP contribution in [0.5, 0.6) is 0 Å². The van der Waals surface area contributed by atoms with Crippen LogP contribution in [-0.2, 0) is 13.6 Å². The fraction of sp³-hybridized carbons (Fsp3) is 1.00. The maximum atomic E-state index is 10.3. The summed E-state index contributed by atoms with van der Waals surface area (Å²) in [6.07, 6.45) is 0.230. The number of rotatable bonds is 0. The summed E-state index contributed by atoms with van der Waals surface area (Å²) in [4.78, 5) is 0. The first-order valence-corrected chi connectivity index (χ1v) is 3.41. The molecule has 0 aliphatic carbocycles. The van der Waals surface area contributed by atoms with Crippen LogP contribution in [0.3, 0.4) is 0 Å². The predicted octanol–water partition coefficient (Wildman–Crippen LogP) is 0.210. The van der Waals surface area contributed by atoms with Gasteiger partial charge in [0, 0.05) is 11.0 Å². The summed E-state index contributed by atoms with van der Waals surface area (Å²) in [6.45, 7) is 0.441. The number of hydrogen-bond donors (Lipinski definition) is 1. The van der Waals surface area contributed by atoms with Crippen molar-refractivity contribution in [2.45, 2.75) is 12.6 Å². The third-order valence-electron chi connectivity index (χ3n) is 0.821. The first-order chi connectivity index (χ1) is 3.79. The SMILES string of the molecule is NC1CCO[P+](=O)O1.[H-].[H-].[Mg+2]. The van der Waals surface area contributed by atoms with Crippen molar-refractivity contribution < 1.29 is 16.5 Å². The molecular weight excluding hydrogens is 153 g/mol. The van der Waals surface area contributed by atoms with Gasteiger partial charge in [-0.15, -0.1) is 9.05 Å². The van der Waals surface area contributed by atoms with Crippen molar-refractivity contribution in [1.29, 1.82) is 0 Å². The molecule has 6 heteroatoms. The van der Waals surface area contributed by atoms with Gasteiger partial charge >= 0.3 is 31.3 Å². The molecule has 0 spiro atoms. The van der Waals surface area contributed by atoms with Gasteiger partial charge < -0.3 is 8.59 Å². The first kappa shape index (κ1) is 9.75. The molecule has 1 heterocycles. The van der Waals surface area contributed by atoms with E-state index in [2.05, 4.69) is 9.05 Å². The molecule has 0 aromatic heterocycles. The molecule has 1 fully saturated rings. The molecule has 50 valence electrons. The Morgan fingerprint density at radius 1 is 1.78 bits per heavy atom. The van der Waals surface area contributed by atoms with Gasteiger partial charge in [0.25, 0.3) is 0 Å². The topological polar surface area (TPSA) is 61.5 Å². The molecule has 0 saturated carbocycles. The van der Waals surface area contributed by atoms with Crippen LogP contribution in [-0.4, -0.2) is 35.9 Å². The quantitative estimate of drug-likeness (QED) is 0.409. The van der Waals surface area contributed by atoms with Crippen molar-refractivity contribution in [2.24, 2.45) is 5.73 Å². The molecule has 1 saturated heterocycles. The minimum absolute atomic E-state index is 0. The third-order valence-corrected chi connectivity index (χ3v) is 1.66. The Balaban J connectivity index is -0.000000213. The zero-order chi connectivity index (χ0) is 5.98. The summed E-state index contributed by atoms with van der Waals surface area (Å²) >= 11 is 0.